The van der Waals surface area contributed by atoms with Crippen molar-refractivity contribution in [1.29, 1.82) is 0 Å². The zero-order chi connectivity index (χ0) is 15.7. The molecule has 1 rings (SSSR count). The van der Waals surface area contributed by atoms with Crippen molar-refractivity contribution in [3.8, 4) is 5.75 Å². The second-order valence-corrected chi connectivity index (χ2v) is 4.94. The summed E-state index contributed by atoms with van der Waals surface area (Å²) in [6.45, 7) is 3.26. The summed E-state index contributed by atoms with van der Waals surface area (Å²) in [5, 5.41) is 11.3. The van der Waals surface area contributed by atoms with Gasteiger partial charge in [0, 0.05) is 4.47 Å². The van der Waals surface area contributed by atoms with Crippen LogP contribution in [0.2, 0.25) is 0 Å². The summed E-state index contributed by atoms with van der Waals surface area (Å²) in [4.78, 5) is 22.6. The third kappa shape index (κ3) is 6.92. The van der Waals surface area contributed by atoms with Gasteiger partial charge >= 0.3 is 5.97 Å². The number of carbonyl (C=O) groups is 2. The SMILES string of the molecule is C=CCOCC(NC(=O)COc1ccc(Br)cc1)C(=O)O. The molecule has 1 aromatic rings. The number of hydrogen-bond donors (Lipinski definition) is 2. The van der Waals surface area contributed by atoms with Crippen LogP contribution in [0.1, 0.15) is 0 Å². The van der Waals surface area contributed by atoms with Gasteiger partial charge in [-0.25, -0.2) is 4.79 Å². The number of carbonyl (C=O) groups excluding carboxylic acids is 1. The van der Waals surface area contributed by atoms with Crippen LogP contribution < -0.4 is 10.1 Å². The highest BCUT2D eigenvalue weighted by Crippen LogP contribution is 2.15. The Bertz CT molecular complexity index is 489. The second kappa shape index (κ2) is 9.15. The molecule has 0 saturated heterocycles. The number of carboxylic acid groups (broad SMARTS) is 1. The van der Waals surface area contributed by atoms with Crippen molar-refractivity contribution < 1.29 is 24.2 Å². The summed E-state index contributed by atoms with van der Waals surface area (Å²) in [5.74, 6) is -1.19. The number of rotatable bonds is 9. The highest BCUT2D eigenvalue weighted by molar-refractivity contribution is 9.10. The van der Waals surface area contributed by atoms with Crippen LogP contribution in [0, 0.1) is 0 Å². The van der Waals surface area contributed by atoms with Crippen LogP contribution in [0.25, 0.3) is 0 Å². The molecular weight excluding hydrogens is 342 g/mol. The highest BCUT2D eigenvalue weighted by atomic mass is 79.9. The standard InChI is InChI=1S/C14H16BrNO5/c1-2-7-20-8-12(14(18)19)16-13(17)9-21-11-5-3-10(15)4-6-11/h2-6,12H,1,7-9H2,(H,16,17)(H,18,19). The third-order valence-electron chi connectivity index (χ3n) is 2.34. The number of carboxylic acids is 1. The van der Waals surface area contributed by atoms with Crippen molar-refractivity contribution in [1.82, 2.24) is 5.32 Å². The lowest BCUT2D eigenvalue weighted by atomic mass is 10.3. The topological polar surface area (TPSA) is 84.9 Å². The fourth-order valence-corrected chi connectivity index (χ4v) is 1.62. The normalized spacial score (nSPS) is 11.5. The molecular formula is C14H16BrNO5. The monoisotopic (exact) mass is 357 g/mol. The van der Waals surface area contributed by atoms with Crippen molar-refractivity contribution in [2.75, 3.05) is 19.8 Å². The van der Waals surface area contributed by atoms with Crippen LogP contribution in [-0.4, -0.2) is 42.8 Å². The van der Waals surface area contributed by atoms with Crippen molar-refractivity contribution in [3.63, 3.8) is 0 Å². The molecule has 0 aliphatic heterocycles. The fourth-order valence-electron chi connectivity index (χ4n) is 1.36. The Morgan fingerprint density at radius 1 is 1.38 bits per heavy atom. The molecule has 0 heterocycles. The summed E-state index contributed by atoms with van der Waals surface area (Å²) < 4.78 is 11.2. The molecule has 21 heavy (non-hydrogen) atoms. The smallest absolute Gasteiger partial charge is 0.328 e. The number of hydrogen-bond acceptors (Lipinski definition) is 4. The van der Waals surface area contributed by atoms with Gasteiger partial charge in [-0.05, 0) is 24.3 Å². The lowest BCUT2D eigenvalue weighted by molar-refractivity contribution is -0.143. The zero-order valence-electron chi connectivity index (χ0n) is 11.3. The number of halogens is 1. The molecule has 0 fully saturated rings. The van der Waals surface area contributed by atoms with Gasteiger partial charge in [0.2, 0.25) is 0 Å². The fraction of sp³-hybridized carbons (Fsp3) is 0.286. The lowest BCUT2D eigenvalue weighted by Gasteiger charge is -2.14. The molecule has 0 bridgehead atoms. The van der Waals surface area contributed by atoms with Crippen LogP contribution in [0.15, 0.2) is 41.4 Å². The molecule has 0 spiro atoms. The molecule has 1 unspecified atom stereocenters. The van der Waals surface area contributed by atoms with Crippen molar-refractivity contribution in [2.45, 2.75) is 6.04 Å². The van der Waals surface area contributed by atoms with Gasteiger partial charge < -0.3 is 19.9 Å². The maximum absolute atomic E-state index is 11.6. The summed E-state index contributed by atoms with van der Waals surface area (Å²) in [6, 6.07) is 5.82. The minimum atomic E-state index is -1.17. The quantitative estimate of drug-likeness (QED) is 0.517. The van der Waals surface area contributed by atoms with E-state index in [0.717, 1.165) is 4.47 Å². The Labute approximate surface area is 130 Å². The summed E-state index contributed by atoms with van der Waals surface area (Å²) in [6.07, 6.45) is 1.50. The molecule has 0 radical (unpaired) electrons. The molecule has 0 aromatic heterocycles. The minimum absolute atomic E-state index is 0.134. The average molecular weight is 358 g/mol. The Kier molecular flexibility index (Phi) is 7.49. The minimum Gasteiger partial charge on any atom is -0.484 e. The van der Waals surface area contributed by atoms with E-state index in [1.165, 1.54) is 6.08 Å². The van der Waals surface area contributed by atoms with E-state index >= 15 is 0 Å². The number of aliphatic carboxylic acids is 1. The van der Waals surface area contributed by atoms with Crippen LogP contribution in [0.3, 0.4) is 0 Å². The molecule has 1 atom stereocenters. The van der Waals surface area contributed by atoms with Gasteiger partial charge in [0.15, 0.2) is 12.6 Å². The first kappa shape index (κ1) is 17.2. The van der Waals surface area contributed by atoms with Gasteiger partial charge in [-0.3, -0.25) is 4.79 Å². The van der Waals surface area contributed by atoms with E-state index in [1.54, 1.807) is 24.3 Å². The Morgan fingerprint density at radius 2 is 2.05 bits per heavy atom. The molecule has 6 nitrogen and oxygen atoms in total. The molecule has 7 heteroatoms. The first-order valence-corrected chi connectivity index (χ1v) is 6.91. The van der Waals surface area contributed by atoms with Crippen LogP contribution >= 0.6 is 15.9 Å². The van der Waals surface area contributed by atoms with Crippen LogP contribution in [-0.2, 0) is 14.3 Å². The van der Waals surface area contributed by atoms with Gasteiger partial charge in [-0.1, -0.05) is 22.0 Å². The predicted molar refractivity (Wildman–Crippen MR) is 80.2 cm³/mol. The molecule has 1 amide bonds. The van der Waals surface area contributed by atoms with Gasteiger partial charge in [0.1, 0.15) is 5.75 Å². The van der Waals surface area contributed by atoms with E-state index in [1.807, 2.05) is 0 Å². The third-order valence-corrected chi connectivity index (χ3v) is 2.87. The zero-order valence-corrected chi connectivity index (χ0v) is 12.8. The summed E-state index contributed by atoms with van der Waals surface area (Å²) >= 11 is 3.28. The van der Waals surface area contributed by atoms with Gasteiger partial charge in [-0.15, -0.1) is 6.58 Å². The van der Waals surface area contributed by atoms with E-state index in [2.05, 4.69) is 27.8 Å². The molecule has 0 aliphatic carbocycles. The molecule has 2 N–H and O–H groups in total. The highest BCUT2D eigenvalue weighted by Gasteiger charge is 2.20. The first-order chi connectivity index (χ1) is 10.0. The van der Waals surface area contributed by atoms with Crippen LogP contribution in [0.4, 0.5) is 0 Å². The first-order valence-electron chi connectivity index (χ1n) is 6.12. The van der Waals surface area contributed by atoms with E-state index in [0.29, 0.717) is 5.75 Å². The predicted octanol–water partition coefficient (Wildman–Crippen LogP) is 1.60. The molecule has 114 valence electrons. The maximum Gasteiger partial charge on any atom is 0.328 e. The number of amides is 1. The number of nitrogens with one attached hydrogen (secondary N) is 1. The van der Waals surface area contributed by atoms with E-state index in [9.17, 15) is 9.59 Å². The van der Waals surface area contributed by atoms with E-state index in [-0.39, 0.29) is 19.8 Å². The summed E-state index contributed by atoms with van der Waals surface area (Å²) in [5.41, 5.74) is 0. The van der Waals surface area contributed by atoms with E-state index < -0.39 is 17.9 Å². The van der Waals surface area contributed by atoms with Crippen molar-refractivity contribution >= 4 is 27.8 Å². The molecule has 1 aromatic carbocycles. The van der Waals surface area contributed by atoms with Crippen molar-refractivity contribution in [2.24, 2.45) is 0 Å². The number of benzene rings is 1. The van der Waals surface area contributed by atoms with Gasteiger partial charge in [0.05, 0.1) is 13.2 Å². The average Bonchev–Trinajstić information content (AvgIpc) is 2.45. The second-order valence-electron chi connectivity index (χ2n) is 4.03. The Balaban J connectivity index is 2.40. The van der Waals surface area contributed by atoms with E-state index in [4.69, 9.17) is 14.6 Å². The summed E-state index contributed by atoms with van der Waals surface area (Å²) in [7, 11) is 0. The Hall–Kier alpha value is -1.86. The Morgan fingerprint density at radius 3 is 2.62 bits per heavy atom. The lowest BCUT2D eigenvalue weighted by Crippen LogP contribution is -2.45. The van der Waals surface area contributed by atoms with Crippen molar-refractivity contribution in [3.05, 3.63) is 41.4 Å². The maximum atomic E-state index is 11.6. The van der Waals surface area contributed by atoms with Crippen LogP contribution in [0.5, 0.6) is 5.75 Å². The molecule has 0 aliphatic rings. The largest absolute Gasteiger partial charge is 0.484 e. The van der Waals surface area contributed by atoms with Gasteiger partial charge in [0.25, 0.3) is 5.91 Å². The molecule has 0 saturated carbocycles. The van der Waals surface area contributed by atoms with Gasteiger partial charge in [-0.2, -0.15) is 0 Å². The number of ether oxygens (including phenoxy) is 2.